The molecule has 0 unspecified atom stereocenters. The summed E-state index contributed by atoms with van der Waals surface area (Å²) in [4.78, 5) is 23.3. The van der Waals surface area contributed by atoms with Crippen molar-refractivity contribution in [2.24, 2.45) is 0 Å². The van der Waals surface area contributed by atoms with Crippen LogP contribution < -0.4 is 10.8 Å². The van der Waals surface area contributed by atoms with Gasteiger partial charge in [-0.25, -0.2) is 5.48 Å². The van der Waals surface area contributed by atoms with Gasteiger partial charge in [-0.3, -0.25) is 14.8 Å². The maximum Gasteiger partial charge on any atom is 0.267 e. The summed E-state index contributed by atoms with van der Waals surface area (Å²) in [6.45, 7) is 0.410. The Kier molecular flexibility index (Phi) is 5.41. The van der Waals surface area contributed by atoms with E-state index in [1.165, 1.54) is 11.6 Å². The zero-order chi connectivity index (χ0) is 18.4. The SMILES string of the molecule is O=C(C=Cc1ccc(CNC(=O)c2ccc3ccccc3c2)cc1)NO. The molecule has 2 amide bonds. The lowest BCUT2D eigenvalue weighted by Crippen LogP contribution is -2.22. The molecular weight excluding hydrogens is 328 g/mol. The van der Waals surface area contributed by atoms with Crippen molar-refractivity contribution in [1.82, 2.24) is 10.8 Å². The van der Waals surface area contributed by atoms with Crippen molar-refractivity contribution in [3.63, 3.8) is 0 Å². The highest BCUT2D eigenvalue weighted by atomic mass is 16.5. The number of carbonyl (C=O) groups excluding carboxylic acids is 2. The van der Waals surface area contributed by atoms with Crippen molar-refractivity contribution >= 4 is 28.7 Å². The third-order valence-corrected chi connectivity index (χ3v) is 3.98. The first-order chi connectivity index (χ1) is 12.7. The van der Waals surface area contributed by atoms with Gasteiger partial charge in [0.05, 0.1) is 0 Å². The zero-order valence-corrected chi connectivity index (χ0v) is 14.0. The number of hydroxylamine groups is 1. The third-order valence-electron chi connectivity index (χ3n) is 3.98. The van der Waals surface area contributed by atoms with Crippen LogP contribution in [0.2, 0.25) is 0 Å². The summed E-state index contributed by atoms with van der Waals surface area (Å²) in [6, 6.07) is 21.0. The molecule has 0 atom stereocenters. The second-order valence-electron chi connectivity index (χ2n) is 5.80. The quantitative estimate of drug-likeness (QED) is 0.377. The molecule has 0 saturated carbocycles. The average Bonchev–Trinajstić information content (AvgIpc) is 2.70. The molecule has 5 heteroatoms. The number of nitrogens with one attached hydrogen (secondary N) is 2. The van der Waals surface area contributed by atoms with Crippen LogP contribution in [0.4, 0.5) is 0 Å². The molecule has 0 heterocycles. The fraction of sp³-hybridized carbons (Fsp3) is 0.0476. The van der Waals surface area contributed by atoms with E-state index in [0.29, 0.717) is 12.1 Å². The summed E-state index contributed by atoms with van der Waals surface area (Å²) < 4.78 is 0. The molecule has 26 heavy (non-hydrogen) atoms. The summed E-state index contributed by atoms with van der Waals surface area (Å²) in [5, 5.41) is 13.5. The van der Waals surface area contributed by atoms with Crippen LogP contribution in [0.25, 0.3) is 16.8 Å². The van der Waals surface area contributed by atoms with Crippen molar-refractivity contribution in [1.29, 1.82) is 0 Å². The van der Waals surface area contributed by atoms with Gasteiger partial charge in [-0.2, -0.15) is 0 Å². The Morgan fingerprint density at radius 1 is 0.923 bits per heavy atom. The number of rotatable bonds is 5. The van der Waals surface area contributed by atoms with Crippen molar-refractivity contribution < 1.29 is 14.8 Å². The Balaban J connectivity index is 1.61. The van der Waals surface area contributed by atoms with E-state index in [1.54, 1.807) is 6.08 Å². The number of amides is 2. The minimum absolute atomic E-state index is 0.126. The summed E-state index contributed by atoms with van der Waals surface area (Å²) in [5.74, 6) is -0.712. The summed E-state index contributed by atoms with van der Waals surface area (Å²) in [7, 11) is 0. The van der Waals surface area contributed by atoms with Gasteiger partial charge in [0.15, 0.2) is 0 Å². The van der Waals surface area contributed by atoms with Crippen LogP contribution >= 0.6 is 0 Å². The lowest BCUT2D eigenvalue weighted by atomic mass is 10.1. The number of hydrogen-bond donors (Lipinski definition) is 3. The molecule has 3 aromatic carbocycles. The third kappa shape index (κ3) is 4.34. The topological polar surface area (TPSA) is 78.4 Å². The summed E-state index contributed by atoms with van der Waals surface area (Å²) in [6.07, 6.45) is 2.82. The molecule has 5 nitrogen and oxygen atoms in total. The van der Waals surface area contributed by atoms with Gasteiger partial charge in [0, 0.05) is 18.2 Å². The van der Waals surface area contributed by atoms with Gasteiger partial charge in [0.2, 0.25) is 0 Å². The van der Waals surface area contributed by atoms with Crippen LogP contribution in [-0.2, 0) is 11.3 Å². The second kappa shape index (κ2) is 8.09. The maximum absolute atomic E-state index is 12.3. The Hall–Kier alpha value is -3.44. The van der Waals surface area contributed by atoms with Crippen LogP contribution in [0.5, 0.6) is 0 Å². The molecule has 3 aromatic rings. The molecule has 3 N–H and O–H groups in total. The molecule has 130 valence electrons. The highest BCUT2D eigenvalue weighted by Gasteiger charge is 2.06. The number of fused-ring (bicyclic) bond motifs is 1. The molecule has 0 bridgehead atoms. The summed E-state index contributed by atoms with van der Waals surface area (Å²) >= 11 is 0. The first kappa shape index (κ1) is 17.4. The van der Waals surface area contributed by atoms with Crippen LogP contribution in [0.15, 0.2) is 72.8 Å². The minimum atomic E-state index is -0.586. The molecule has 0 radical (unpaired) electrons. The molecule has 0 aromatic heterocycles. The molecule has 0 fully saturated rings. The van der Waals surface area contributed by atoms with Crippen molar-refractivity contribution in [3.05, 3.63) is 89.5 Å². The lowest BCUT2D eigenvalue weighted by Gasteiger charge is -2.07. The second-order valence-corrected chi connectivity index (χ2v) is 5.80. The highest BCUT2D eigenvalue weighted by molar-refractivity contribution is 5.98. The van der Waals surface area contributed by atoms with Crippen molar-refractivity contribution in [2.75, 3.05) is 0 Å². The van der Waals surface area contributed by atoms with E-state index in [4.69, 9.17) is 5.21 Å². The Bertz CT molecular complexity index is 962. The van der Waals surface area contributed by atoms with E-state index in [2.05, 4.69) is 5.32 Å². The monoisotopic (exact) mass is 346 g/mol. The Labute approximate surface area is 150 Å². The molecule has 0 aliphatic carbocycles. The molecule has 0 spiro atoms. The smallest absolute Gasteiger partial charge is 0.267 e. The average molecular weight is 346 g/mol. The molecule has 0 aliphatic heterocycles. The van der Waals surface area contributed by atoms with Crippen LogP contribution in [0, 0.1) is 0 Å². The molecule has 0 aliphatic rings. The van der Waals surface area contributed by atoms with E-state index >= 15 is 0 Å². The fourth-order valence-electron chi connectivity index (χ4n) is 2.57. The Morgan fingerprint density at radius 2 is 1.65 bits per heavy atom. The molecule has 0 saturated heterocycles. The van der Waals surface area contributed by atoms with Crippen LogP contribution in [0.1, 0.15) is 21.5 Å². The van der Waals surface area contributed by atoms with Gasteiger partial charge < -0.3 is 5.32 Å². The van der Waals surface area contributed by atoms with Crippen LogP contribution in [-0.4, -0.2) is 17.0 Å². The predicted molar refractivity (Wildman–Crippen MR) is 101 cm³/mol. The fourth-order valence-corrected chi connectivity index (χ4v) is 2.57. The van der Waals surface area contributed by atoms with Gasteiger partial charge in [-0.05, 0) is 40.1 Å². The van der Waals surface area contributed by atoms with Gasteiger partial charge >= 0.3 is 0 Å². The van der Waals surface area contributed by atoms with Gasteiger partial charge in [-0.15, -0.1) is 0 Å². The standard InChI is InChI=1S/C21H18N2O3/c24-20(23-26)12-9-15-5-7-16(8-6-15)14-22-21(25)19-11-10-17-3-1-2-4-18(17)13-19/h1-13,26H,14H2,(H,22,25)(H,23,24). The lowest BCUT2D eigenvalue weighted by molar-refractivity contribution is -0.124. The van der Waals surface area contributed by atoms with Crippen molar-refractivity contribution in [2.45, 2.75) is 6.54 Å². The number of hydrogen-bond acceptors (Lipinski definition) is 3. The zero-order valence-electron chi connectivity index (χ0n) is 14.0. The van der Waals surface area contributed by atoms with Crippen LogP contribution in [0.3, 0.4) is 0 Å². The highest BCUT2D eigenvalue weighted by Crippen LogP contribution is 2.15. The normalized spacial score (nSPS) is 10.8. The van der Waals surface area contributed by atoms with E-state index in [-0.39, 0.29) is 5.91 Å². The van der Waals surface area contributed by atoms with Crippen molar-refractivity contribution in [3.8, 4) is 0 Å². The van der Waals surface area contributed by atoms with Gasteiger partial charge in [-0.1, -0.05) is 54.6 Å². The number of benzene rings is 3. The van der Waals surface area contributed by atoms with E-state index in [0.717, 1.165) is 21.9 Å². The van der Waals surface area contributed by atoms with Gasteiger partial charge in [0.1, 0.15) is 0 Å². The first-order valence-electron chi connectivity index (χ1n) is 8.14. The summed E-state index contributed by atoms with van der Waals surface area (Å²) in [5.41, 5.74) is 3.92. The Morgan fingerprint density at radius 3 is 2.38 bits per heavy atom. The number of carbonyl (C=O) groups is 2. The van der Waals surface area contributed by atoms with Gasteiger partial charge in [0.25, 0.3) is 11.8 Å². The minimum Gasteiger partial charge on any atom is -0.348 e. The maximum atomic E-state index is 12.3. The van der Waals surface area contributed by atoms with E-state index in [1.807, 2.05) is 66.7 Å². The molecule has 3 rings (SSSR count). The molecular formula is C21H18N2O3. The largest absolute Gasteiger partial charge is 0.348 e. The van der Waals surface area contributed by atoms with E-state index in [9.17, 15) is 9.59 Å². The predicted octanol–water partition coefficient (Wildman–Crippen LogP) is 3.29. The van der Waals surface area contributed by atoms with E-state index < -0.39 is 5.91 Å². The first-order valence-corrected chi connectivity index (χ1v) is 8.14.